The quantitative estimate of drug-likeness (QED) is 0.927. The number of nitrogens with one attached hydrogen (secondary N) is 1. The van der Waals surface area contributed by atoms with E-state index in [4.69, 9.17) is 9.47 Å². The number of carbonyl (C=O) groups is 1. The molecule has 2 aliphatic rings. The summed E-state index contributed by atoms with van der Waals surface area (Å²) in [4.78, 5) is 16.0. The molecule has 0 radical (unpaired) electrons. The smallest absolute Gasteiger partial charge is 0.225 e. The molecule has 0 bridgehead atoms. The van der Waals surface area contributed by atoms with Crippen LogP contribution in [0.5, 0.6) is 11.5 Å². The average molecular weight is 344 g/mol. The zero-order valence-electron chi connectivity index (χ0n) is 13.4. The van der Waals surface area contributed by atoms with E-state index in [1.165, 1.54) is 10.4 Å². The van der Waals surface area contributed by atoms with Crippen molar-refractivity contribution in [2.24, 2.45) is 0 Å². The van der Waals surface area contributed by atoms with Crippen molar-refractivity contribution >= 4 is 22.9 Å². The number of rotatable bonds is 4. The van der Waals surface area contributed by atoms with Crippen LogP contribution in [0.25, 0.3) is 0 Å². The van der Waals surface area contributed by atoms with Crippen molar-refractivity contribution < 1.29 is 14.3 Å². The molecule has 0 unspecified atom stereocenters. The van der Waals surface area contributed by atoms with Crippen LogP contribution in [0.15, 0.2) is 29.6 Å². The van der Waals surface area contributed by atoms with E-state index in [0.29, 0.717) is 25.4 Å². The molecule has 4 rings (SSSR count). The van der Waals surface area contributed by atoms with Crippen molar-refractivity contribution in [2.75, 3.05) is 31.6 Å². The van der Waals surface area contributed by atoms with Crippen molar-refractivity contribution in [1.29, 1.82) is 0 Å². The summed E-state index contributed by atoms with van der Waals surface area (Å²) in [5.41, 5.74) is 2.17. The van der Waals surface area contributed by atoms with E-state index in [1.54, 1.807) is 0 Å². The van der Waals surface area contributed by atoms with Crippen LogP contribution in [-0.4, -0.2) is 37.1 Å². The third-order valence-corrected chi connectivity index (χ3v) is 5.39. The summed E-state index contributed by atoms with van der Waals surface area (Å²) in [7, 11) is 0. The highest BCUT2D eigenvalue weighted by molar-refractivity contribution is 7.10. The van der Waals surface area contributed by atoms with Crippen LogP contribution in [0.2, 0.25) is 0 Å². The summed E-state index contributed by atoms with van der Waals surface area (Å²) in [6.07, 6.45) is 1.59. The molecular formula is C18H20N2O3S. The minimum absolute atomic E-state index is 0.0304. The van der Waals surface area contributed by atoms with Gasteiger partial charge in [0.25, 0.3) is 0 Å². The van der Waals surface area contributed by atoms with Gasteiger partial charge < -0.3 is 14.8 Å². The number of fused-ring (bicyclic) bond motifs is 2. The molecule has 2 aromatic rings. The Balaban J connectivity index is 1.29. The molecule has 126 valence electrons. The second kappa shape index (κ2) is 6.83. The lowest BCUT2D eigenvalue weighted by Gasteiger charge is -2.26. The van der Waals surface area contributed by atoms with Crippen molar-refractivity contribution in [3.05, 3.63) is 40.1 Å². The zero-order chi connectivity index (χ0) is 16.4. The normalized spacial score (nSPS) is 16.5. The number of thiophene rings is 1. The van der Waals surface area contributed by atoms with Crippen LogP contribution in [0.3, 0.4) is 0 Å². The second-order valence-corrected chi connectivity index (χ2v) is 7.05. The highest BCUT2D eigenvalue weighted by Gasteiger charge is 2.18. The predicted molar refractivity (Wildman–Crippen MR) is 94.0 cm³/mol. The molecule has 0 saturated heterocycles. The summed E-state index contributed by atoms with van der Waals surface area (Å²) in [6, 6.07) is 7.71. The van der Waals surface area contributed by atoms with E-state index in [2.05, 4.69) is 21.7 Å². The number of ether oxygens (including phenoxy) is 2. The molecule has 0 fully saturated rings. The Morgan fingerprint density at radius 2 is 2.08 bits per heavy atom. The molecule has 6 heteroatoms. The fourth-order valence-corrected chi connectivity index (χ4v) is 3.99. The largest absolute Gasteiger partial charge is 0.486 e. The van der Waals surface area contributed by atoms with E-state index >= 15 is 0 Å². The lowest BCUT2D eigenvalue weighted by Crippen LogP contribution is -2.32. The lowest BCUT2D eigenvalue weighted by atomic mass is 10.1. The number of hydrogen-bond acceptors (Lipinski definition) is 5. The van der Waals surface area contributed by atoms with Gasteiger partial charge >= 0.3 is 0 Å². The average Bonchev–Trinajstić information content (AvgIpc) is 3.07. The van der Waals surface area contributed by atoms with Gasteiger partial charge in [0.2, 0.25) is 5.91 Å². The maximum absolute atomic E-state index is 12.2. The molecular weight excluding hydrogens is 324 g/mol. The number of benzene rings is 1. The van der Waals surface area contributed by atoms with Crippen molar-refractivity contribution in [3.8, 4) is 11.5 Å². The summed E-state index contributed by atoms with van der Waals surface area (Å²) >= 11 is 1.84. The van der Waals surface area contributed by atoms with Gasteiger partial charge in [0, 0.05) is 42.7 Å². The Bertz CT molecular complexity index is 744. The summed E-state index contributed by atoms with van der Waals surface area (Å²) in [5.74, 6) is 1.46. The van der Waals surface area contributed by atoms with Gasteiger partial charge in [0.05, 0.1) is 0 Å². The number of hydrogen-bond donors (Lipinski definition) is 1. The van der Waals surface area contributed by atoms with Gasteiger partial charge in [-0.2, -0.15) is 0 Å². The van der Waals surface area contributed by atoms with Gasteiger partial charge in [-0.05, 0) is 35.6 Å². The Morgan fingerprint density at radius 3 is 3.00 bits per heavy atom. The molecule has 1 aromatic carbocycles. The molecule has 2 aliphatic heterocycles. The van der Waals surface area contributed by atoms with Gasteiger partial charge in [-0.1, -0.05) is 0 Å². The Hall–Kier alpha value is -2.05. The molecule has 1 amide bonds. The van der Waals surface area contributed by atoms with Crippen LogP contribution < -0.4 is 14.8 Å². The Labute approximate surface area is 145 Å². The van der Waals surface area contributed by atoms with Gasteiger partial charge in [-0.15, -0.1) is 11.3 Å². The van der Waals surface area contributed by atoms with Crippen molar-refractivity contribution in [3.63, 3.8) is 0 Å². The third kappa shape index (κ3) is 3.39. The van der Waals surface area contributed by atoms with Gasteiger partial charge in [0.15, 0.2) is 11.5 Å². The predicted octanol–water partition coefficient (Wildman–Crippen LogP) is 2.91. The molecule has 0 spiro atoms. The minimum Gasteiger partial charge on any atom is -0.486 e. The molecule has 0 saturated carbocycles. The number of anilines is 1. The maximum atomic E-state index is 12.2. The first-order valence-electron chi connectivity index (χ1n) is 8.25. The third-order valence-electron chi connectivity index (χ3n) is 4.37. The van der Waals surface area contributed by atoms with Crippen LogP contribution in [-0.2, 0) is 17.8 Å². The van der Waals surface area contributed by atoms with E-state index in [9.17, 15) is 4.79 Å². The molecule has 3 heterocycles. The summed E-state index contributed by atoms with van der Waals surface area (Å²) in [6.45, 7) is 3.89. The van der Waals surface area contributed by atoms with E-state index < -0.39 is 0 Å². The van der Waals surface area contributed by atoms with Gasteiger partial charge in [-0.3, -0.25) is 9.69 Å². The molecule has 0 aliphatic carbocycles. The van der Waals surface area contributed by atoms with Gasteiger partial charge in [-0.25, -0.2) is 0 Å². The first kappa shape index (κ1) is 15.5. The molecule has 0 atom stereocenters. The maximum Gasteiger partial charge on any atom is 0.225 e. The van der Waals surface area contributed by atoms with Gasteiger partial charge in [0.1, 0.15) is 13.2 Å². The van der Waals surface area contributed by atoms with E-state index in [1.807, 2.05) is 29.5 Å². The lowest BCUT2D eigenvalue weighted by molar-refractivity contribution is -0.116. The number of nitrogens with zero attached hydrogens (tertiary/aromatic N) is 1. The first-order valence-corrected chi connectivity index (χ1v) is 9.13. The van der Waals surface area contributed by atoms with E-state index in [-0.39, 0.29) is 5.91 Å². The van der Waals surface area contributed by atoms with Crippen molar-refractivity contribution in [1.82, 2.24) is 4.90 Å². The monoisotopic (exact) mass is 344 g/mol. The van der Waals surface area contributed by atoms with Crippen molar-refractivity contribution in [2.45, 2.75) is 19.4 Å². The molecule has 1 aromatic heterocycles. The second-order valence-electron chi connectivity index (χ2n) is 6.05. The SMILES string of the molecule is O=C(CCN1CCc2sccc2C1)Nc1ccc2c(c1)OCCO2. The topological polar surface area (TPSA) is 50.8 Å². The minimum atomic E-state index is 0.0304. The molecule has 1 N–H and O–H groups in total. The number of carbonyl (C=O) groups excluding carboxylic acids is 1. The fourth-order valence-electron chi connectivity index (χ4n) is 3.10. The van der Waals surface area contributed by atoms with Crippen LogP contribution in [0, 0.1) is 0 Å². The number of amides is 1. The summed E-state index contributed by atoms with van der Waals surface area (Å²) in [5, 5.41) is 5.10. The molecule has 5 nitrogen and oxygen atoms in total. The Morgan fingerprint density at radius 1 is 1.21 bits per heavy atom. The van der Waals surface area contributed by atoms with Crippen LogP contribution in [0.1, 0.15) is 16.9 Å². The Kier molecular flexibility index (Phi) is 4.40. The van der Waals surface area contributed by atoms with E-state index in [0.717, 1.165) is 37.5 Å². The fraction of sp³-hybridized carbons (Fsp3) is 0.389. The molecule has 24 heavy (non-hydrogen) atoms. The first-order chi connectivity index (χ1) is 11.8. The standard InChI is InChI=1S/C18H20N2O3S/c21-18(4-7-20-6-3-17-13(12-20)5-10-24-17)19-14-1-2-15-16(11-14)23-9-8-22-15/h1-2,5,10-11H,3-4,6-9,12H2,(H,19,21). The van der Waals surface area contributed by atoms with Crippen LogP contribution in [0.4, 0.5) is 5.69 Å². The van der Waals surface area contributed by atoms with Crippen LogP contribution >= 0.6 is 11.3 Å². The highest BCUT2D eigenvalue weighted by atomic mass is 32.1. The zero-order valence-corrected chi connectivity index (χ0v) is 14.2. The summed E-state index contributed by atoms with van der Waals surface area (Å²) < 4.78 is 11.0. The highest BCUT2D eigenvalue weighted by Crippen LogP contribution is 2.32.